The van der Waals surface area contributed by atoms with E-state index in [0.29, 0.717) is 5.70 Å². The van der Waals surface area contributed by atoms with Crippen LogP contribution in [0.15, 0.2) is 47.4 Å². The third-order valence-electron chi connectivity index (χ3n) is 3.79. The van der Waals surface area contributed by atoms with Gasteiger partial charge < -0.3 is 10.7 Å². The number of carbonyl (C=O) groups excluding carboxylic acids is 1. The fourth-order valence-corrected chi connectivity index (χ4v) is 2.73. The topological polar surface area (TPSA) is 84.1 Å². The number of aromatic nitrogens is 2. The Morgan fingerprint density at radius 2 is 2.00 bits per heavy atom. The van der Waals surface area contributed by atoms with Gasteiger partial charge in [0.2, 0.25) is 0 Å². The van der Waals surface area contributed by atoms with Gasteiger partial charge >= 0.3 is 11.7 Å². The molecule has 2 aromatic rings. The second-order valence-corrected chi connectivity index (χ2v) is 5.44. The number of nitrogens with two attached hydrogens (primary N) is 1. The quantitative estimate of drug-likeness (QED) is 0.837. The molecular weight excluding hydrogens is 268 g/mol. The van der Waals surface area contributed by atoms with Gasteiger partial charge in [0.15, 0.2) is 0 Å². The normalized spacial score (nSPS) is 17.0. The molecule has 108 valence electrons. The predicted molar refractivity (Wildman–Crippen MR) is 81.5 cm³/mol. The van der Waals surface area contributed by atoms with Crippen LogP contribution < -0.4 is 11.4 Å². The zero-order valence-electron chi connectivity index (χ0n) is 11.8. The molecule has 3 rings (SSSR count). The molecule has 0 radical (unpaired) electrons. The molecular formula is C15H16N4O2. The summed E-state index contributed by atoms with van der Waals surface area (Å²) in [6.07, 6.45) is 5.15. The van der Waals surface area contributed by atoms with E-state index >= 15 is 0 Å². The molecule has 2 amide bonds. The van der Waals surface area contributed by atoms with Gasteiger partial charge in [-0.15, -0.1) is 0 Å². The Bertz CT molecular complexity index is 839. The highest BCUT2D eigenvalue weighted by molar-refractivity contribution is 5.83. The number of hydrogen-bond acceptors (Lipinski definition) is 2. The summed E-state index contributed by atoms with van der Waals surface area (Å²) >= 11 is 0. The third kappa shape index (κ3) is 1.87. The fraction of sp³-hybridized carbons (Fsp3) is 0.200. The molecule has 0 aliphatic carbocycles. The van der Waals surface area contributed by atoms with E-state index in [2.05, 4.69) is 4.98 Å². The van der Waals surface area contributed by atoms with Gasteiger partial charge in [0.05, 0.1) is 22.3 Å². The van der Waals surface area contributed by atoms with E-state index in [1.165, 1.54) is 4.90 Å². The smallest absolute Gasteiger partial charge is 0.330 e. The minimum Gasteiger partial charge on any atom is -0.351 e. The van der Waals surface area contributed by atoms with Crippen molar-refractivity contribution in [3.63, 3.8) is 0 Å². The summed E-state index contributed by atoms with van der Waals surface area (Å²) in [5, 5.41) is 0. The summed E-state index contributed by atoms with van der Waals surface area (Å²) in [5.74, 6) is 0. The van der Waals surface area contributed by atoms with Crippen molar-refractivity contribution in [2.24, 2.45) is 5.73 Å². The number of primary amides is 1. The standard InChI is InChI=1S/C15H16N4O2/c1-15(2)12(8-5-9-18(15)13(16)20)19-11-7-4-3-6-10(11)17-14(19)21/h3-9H,1-2H3,(H2,16,20)(H,17,21). The Balaban J connectivity index is 2.25. The molecule has 6 nitrogen and oxygen atoms in total. The summed E-state index contributed by atoms with van der Waals surface area (Å²) in [6.45, 7) is 3.70. The molecule has 2 heterocycles. The Hall–Kier alpha value is -2.76. The van der Waals surface area contributed by atoms with Gasteiger partial charge in [-0.25, -0.2) is 9.59 Å². The van der Waals surface area contributed by atoms with E-state index in [4.69, 9.17) is 5.73 Å². The summed E-state index contributed by atoms with van der Waals surface area (Å²) in [7, 11) is 0. The maximum Gasteiger partial charge on any atom is 0.330 e. The molecule has 1 aliphatic rings. The van der Waals surface area contributed by atoms with Gasteiger partial charge in [-0.3, -0.25) is 9.47 Å². The highest BCUT2D eigenvalue weighted by atomic mass is 16.2. The molecule has 1 aromatic heterocycles. The van der Waals surface area contributed by atoms with Gasteiger partial charge in [-0.05, 0) is 38.1 Å². The highest BCUT2D eigenvalue weighted by Crippen LogP contribution is 2.32. The van der Waals surface area contributed by atoms with Gasteiger partial charge in [-0.1, -0.05) is 12.1 Å². The van der Waals surface area contributed by atoms with E-state index < -0.39 is 11.6 Å². The number of aromatic amines is 1. The number of nitrogens with zero attached hydrogens (tertiary/aromatic N) is 2. The molecule has 1 aromatic carbocycles. The molecule has 0 bridgehead atoms. The van der Waals surface area contributed by atoms with Crippen molar-refractivity contribution in [3.05, 3.63) is 53.1 Å². The minimum absolute atomic E-state index is 0.241. The third-order valence-corrected chi connectivity index (χ3v) is 3.79. The van der Waals surface area contributed by atoms with Crippen molar-refractivity contribution in [3.8, 4) is 0 Å². The largest absolute Gasteiger partial charge is 0.351 e. The number of H-pyrrole nitrogens is 1. The van der Waals surface area contributed by atoms with E-state index in [0.717, 1.165) is 11.0 Å². The van der Waals surface area contributed by atoms with Crippen LogP contribution in [0.4, 0.5) is 4.79 Å². The van der Waals surface area contributed by atoms with Gasteiger partial charge in [0, 0.05) is 6.20 Å². The lowest BCUT2D eigenvalue weighted by Crippen LogP contribution is -2.50. The number of urea groups is 1. The number of hydrogen-bond donors (Lipinski definition) is 2. The molecule has 0 fully saturated rings. The zero-order valence-corrected chi connectivity index (χ0v) is 11.8. The first kappa shape index (κ1) is 13.2. The summed E-state index contributed by atoms with van der Waals surface area (Å²) < 4.78 is 1.58. The van der Waals surface area contributed by atoms with Crippen molar-refractivity contribution in [2.45, 2.75) is 19.4 Å². The zero-order chi connectivity index (χ0) is 15.2. The lowest BCUT2D eigenvalue weighted by molar-refractivity contribution is 0.198. The van der Waals surface area contributed by atoms with Crippen LogP contribution in [0.3, 0.4) is 0 Å². The molecule has 3 N–H and O–H groups in total. The second-order valence-electron chi connectivity index (χ2n) is 5.44. The van der Waals surface area contributed by atoms with Gasteiger partial charge in [0.25, 0.3) is 0 Å². The molecule has 0 saturated carbocycles. The van der Waals surface area contributed by atoms with Crippen LogP contribution in [0.1, 0.15) is 13.8 Å². The minimum atomic E-state index is -0.727. The summed E-state index contributed by atoms with van der Waals surface area (Å²) in [5.41, 5.74) is 6.66. The maximum atomic E-state index is 12.3. The molecule has 0 atom stereocenters. The number of benzene rings is 1. The number of para-hydroxylation sites is 2. The first-order valence-electron chi connectivity index (χ1n) is 6.61. The number of fused-ring (bicyclic) bond motifs is 1. The van der Waals surface area contributed by atoms with Crippen molar-refractivity contribution >= 4 is 22.8 Å². The monoisotopic (exact) mass is 284 g/mol. The molecule has 1 aliphatic heterocycles. The van der Waals surface area contributed by atoms with Crippen LogP contribution in [-0.2, 0) is 0 Å². The average molecular weight is 284 g/mol. The first-order chi connectivity index (χ1) is 9.93. The Morgan fingerprint density at radius 3 is 2.71 bits per heavy atom. The summed E-state index contributed by atoms with van der Waals surface area (Å²) in [4.78, 5) is 28.1. The van der Waals surface area contributed by atoms with Crippen LogP contribution in [0.5, 0.6) is 0 Å². The summed E-state index contributed by atoms with van der Waals surface area (Å²) in [6, 6.07) is 6.86. The van der Waals surface area contributed by atoms with Crippen molar-refractivity contribution in [1.82, 2.24) is 14.5 Å². The van der Waals surface area contributed by atoms with E-state index in [1.807, 2.05) is 44.2 Å². The Morgan fingerprint density at radius 1 is 1.29 bits per heavy atom. The number of amides is 2. The van der Waals surface area contributed by atoms with Crippen LogP contribution in [0.25, 0.3) is 16.7 Å². The molecule has 0 spiro atoms. The van der Waals surface area contributed by atoms with E-state index in [1.54, 1.807) is 16.8 Å². The van der Waals surface area contributed by atoms with Crippen molar-refractivity contribution < 1.29 is 4.79 Å². The Labute approximate surface area is 121 Å². The number of allylic oxidation sites excluding steroid dienone is 2. The van der Waals surface area contributed by atoms with Crippen LogP contribution in [-0.4, -0.2) is 26.0 Å². The van der Waals surface area contributed by atoms with E-state index in [-0.39, 0.29) is 5.69 Å². The molecule has 21 heavy (non-hydrogen) atoms. The van der Waals surface area contributed by atoms with E-state index in [9.17, 15) is 9.59 Å². The SMILES string of the molecule is CC1(C)C(n2c(=O)[nH]c3ccccc32)=CC=CN1C(N)=O. The average Bonchev–Trinajstić information content (AvgIpc) is 2.73. The van der Waals surface area contributed by atoms with Crippen molar-refractivity contribution in [1.29, 1.82) is 0 Å². The lowest BCUT2D eigenvalue weighted by atomic mass is 9.95. The maximum absolute atomic E-state index is 12.3. The number of nitrogens with one attached hydrogen (secondary N) is 1. The second kappa shape index (κ2) is 4.37. The Kier molecular flexibility index (Phi) is 2.76. The molecule has 6 heteroatoms. The fourth-order valence-electron chi connectivity index (χ4n) is 2.73. The predicted octanol–water partition coefficient (Wildman–Crippen LogP) is 1.86. The van der Waals surface area contributed by atoms with Gasteiger partial charge in [-0.2, -0.15) is 0 Å². The highest BCUT2D eigenvalue weighted by Gasteiger charge is 2.36. The first-order valence-corrected chi connectivity index (χ1v) is 6.61. The van der Waals surface area contributed by atoms with Crippen molar-refractivity contribution in [2.75, 3.05) is 0 Å². The van der Waals surface area contributed by atoms with Gasteiger partial charge in [0.1, 0.15) is 0 Å². The lowest BCUT2D eigenvalue weighted by Gasteiger charge is -2.39. The van der Waals surface area contributed by atoms with Crippen LogP contribution in [0.2, 0.25) is 0 Å². The number of carbonyl (C=O) groups is 1. The van der Waals surface area contributed by atoms with Crippen LogP contribution in [0, 0.1) is 0 Å². The number of imidazole rings is 1. The number of rotatable bonds is 1. The molecule has 0 unspecified atom stereocenters. The molecule has 0 saturated heterocycles. The van der Waals surface area contributed by atoms with Crippen LogP contribution >= 0.6 is 0 Å².